The maximum absolute atomic E-state index is 15.7. The lowest BCUT2D eigenvalue weighted by Gasteiger charge is -2.44. The second-order valence-electron chi connectivity index (χ2n) is 14.1. The summed E-state index contributed by atoms with van der Waals surface area (Å²) >= 11 is 0. The van der Waals surface area contributed by atoms with Gasteiger partial charge in [-0.2, -0.15) is 0 Å². The van der Waals surface area contributed by atoms with E-state index in [1.165, 1.54) is 24.3 Å². The summed E-state index contributed by atoms with van der Waals surface area (Å²) in [7, 11) is 0. The van der Waals surface area contributed by atoms with Crippen molar-refractivity contribution < 1.29 is 17.6 Å². The zero-order valence-corrected chi connectivity index (χ0v) is 26.1. The van der Waals surface area contributed by atoms with Gasteiger partial charge in [0.05, 0.1) is 11.4 Å². The van der Waals surface area contributed by atoms with Gasteiger partial charge in [-0.1, -0.05) is 71.9 Å². The molecule has 0 saturated heterocycles. The minimum Gasteiger partial charge on any atom is -0.309 e. The molecule has 5 aromatic carbocycles. The van der Waals surface area contributed by atoms with E-state index in [0.29, 0.717) is 11.4 Å². The van der Waals surface area contributed by atoms with Crippen LogP contribution in [0, 0.1) is 23.3 Å². The average Bonchev–Trinajstić information content (AvgIpc) is 2.96. The highest BCUT2D eigenvalue weighted by atomic mass is 19.1. The van der Waals surface area contributed by atoms with Crippen molar-refractivity contribution in [3.8, 4) is 0 Å². The van der Waals surface area contributed by atoms with Crippen LogP contribution < -0.4 is 26.2 Å². The Morgan fingerprint density at radius 2 is 0.867 bits per heavy atom. The van der Waals surface area contributed by atoms with Crippen molar-refractivity contribution in [2.45, 2.75) is 52.4 Å². The van der Waals surface area contributed by atoms with E-state index in [4.69, 9.17) is 0 Å². The van der Waals surface area contributed by atoms with Crippen molar-refractivity contribution in [1.29, 1.82) is 0 Å². The predicted octanol–water partition coefficient (Wildman–Crippen LogP) is 8.92. The summed E-state index contributed by atoms with van der Waals surface area (Å²) < 4.78 is 59.6. The van der Waals surface area contributed by atoms with Crippen LogP contribution in [-0.2, 0) is 10.8 Å². The summed E-state index contributed by atoms with van der Waals surface area (Å²) in [4.78, 5) is 3.67. The molecule has 2 nitrogen and oxygen atoms in total. The van der Waals surface area contributed by atoms with Crippen LogP contribution in [0.1, 0.15) is 52.7 Å². The Labute approximate surface area is 262 Å². The third kappa shape index (κ3) is 4.63. The van der Waals surface area contributed by atoms with Crippen LogP contribution >= 0.6 is 0 Å². The lowest BCUT2D eigenvalue weighted by Crippen LogP contribution is -2.61. The zero-order chi connectivity index (χ0) is 32.0. The van der Waals surface area contributed by atoms with Gasteiger partial charge < -0.3 is 9.80 Å². The van der Waals surface area contributed by atoms with E-state index in [1.54, 1.807) is 0 Å². The van der Waals surface area contributed by atoms with E-state index in [1.807, 2.05) is 40.1 Å². The molecule has 0 spiro atoms. The third-order valence-electron chi connectivity index (χ3n) is 9.02. The summed E-state index contributed by atoms with van der Waals surface area (Å²) in [6, 6.07) is 25.5. The number of hydrogen-bond acceptors (Lipinski definition) is 2. The number of rotatable bonds is 2. The Morgan fingerprint density at radius 3 is 1.24 bits per heavy atom. The van der Waals surface area contributed by atoms with E-state index in [2.05, 4.69) is 65.8 Å². The van der Waals surface area contributed by atoms with Gasteiger partial charge in [-0.05, 0) is 86.9 Å². The van der Waals surface area contributed by atoms with Gasteiger partial charge in [0, 0.05) is 34.9 Å². The van der Waals surface area contributed by atoms with Crippen molar-refractivity contribution in [2.75, 3.05) is 9.80 Å². The van der Waals surface area contributed by atoms with Gasteiger partial charge in [-0.3, -0.25) is 0 Å². The highest BCUT2D eigenvalue weighted by Gasteiger charge is 2.44. The molecule has 0 N–H and O–H groups in total. The van der Waals surface area contributed by atoms with Gasteiger partial charge in [0.1, 0.15) is 23.3 Å². The van der Waals surface area contributed by atoms with Gasteiger partial charge in [0.25, 0.3) is 6.71 Å². The predicted molar refractivity (Wildman–Crippen MR) is 178 cm³/mol. The van der Waals surface area contributed by atoms with Gasteiger partial charge in [-0.15, -0.1) is 0 Å². The van der Waals surface area contributed by atoms with Crippen molar-refractivity contribution >= 4 is 57.2 Å². The Morgan fingerprint density at radius 1 is 0.467 bits per heavy atom. The van der Waals surface area contributed by atoms with Crippen molar-refractivity contribution in [3.05, 3.63) is 125 Å². The second-order valence-corrected chi connectivity index (χ2v) is 14.1. The molecule has 2 aliphatic rings. The van der Waals surface area contributed by atoms with E-state index < -0.39 is 23.3 Å². The second kappa shape index (κ2) is 10.00. The average molecular weight is 605 g/mol. The van der Waals surface area contributed by atoms with Crippen LogP contribution in [0.25, 0.3) is 0 Å². The van der Waals surface area contributed by atoms with Gasteiger partial charge in [0.15, 0.2) is 0 Å². The summed E-state index contributed by atoms with van der Waals surface area (Å²) in [5.74, 6) is -2.70. The third-order valence-corrected chi connectivity index (χ3v) is 9.02. The molecule has 7 heteroatoms. The van der Waals surface area contributed by atoms with Crippen molar-refractivity contribution in [3.63, 3.8) is 0 Å². The molecule has 2 heterocycles. The van der Waals surface area contributed by atoms with Crippen LogP contribution in [0.2, 0.25) is 0 Å². The molecule has 2 aliphatic heterocycles. The normalized spacial score (nSPS) is 13.9. The maximum atomic E-state index is 15.7. The highest BCUT2D eigenvalue weighted by Crippen LogP contribution is 2.45. The molecule has 5 aromatic rings. The number of benzene rings is 5. The van der Waals surface area contributed by atoms with E-state index in [-0.39, 0.29) is 28.9 Å². The van der Waals surface area contributed by atoms with Crippen LogP contribution in [-0.4, -0.2) is 6.71 Å². The molecule has 0 bridgehead atoms. The molecule has 0 unspecified atom stereocenters. The Hall–Kier alpha value is -4.52. The standard InChI is InChI=1S/C38H33BF4N2/c1-37(2,3)22-10-14-30-26(18-22)39-27-19-23(38(4,5)6)11-15-31(27)45(33-17-13-25(41)21-29(33)43)35-9-7-8-34(36(35)39)44(30)32-16-12-24(40)20-28(32)42/h7-21H,1-6H3. The molecule has 0 amide bonds. The fourth-order valence-electron chi connectivity index (χ4n) is 6.72. The topological polar surface area (TPSA) is 6.48 Å². The zero-order valence-electron chi connectivity index (χ0n) is 26.1. The Balaban J connectivity index is 1.61. The number of fused-ring (bicyclic) bond motifs is 4. The van der Waals surface area contributed by atoms with Gasteiger partial charge in [-0.25, -0.2) is 17.6 Å². The first kappa shape index (κ1) is 29.2. The van der Waals surface area contributed by atoms with Crippen LogP contribution in [0.4, 0.5) is 51.7 Å². The summed E-state index contributed by atoms with van der Waals surface area (Å²) in [6.07, 6.45) is 0. The smallest absolute Gasteiger partial charge is 0.252 e. The highest BCUT2D eigenvalue weighted by molar-refractivity contribution is 7.00. The van der Waals surface area contributed by atoms with Crippen LogP contribution in [0.5, 0.6) is 0 Å². The van der Waals surface area contributed by atoms with E-state index in [9.17, 15) is 8.78 Å². The molecule has 7 rings (SSSR count). The SMILES string of the molecule is CC(C)(C)c1ccc2c(c1)B1c3cc(C(C)(C)C)ccc3N(c3ccc(F)cc3F)c3cccc(c31)N2c1ccc(F)cc1F. The maximum Gasteiger partial charge on any atom is 0.252 e. The first-order valence-electron chi connectivity index (χ1n) is 15.2. The van der Waals surface area contributed by atoms with E-state index in [0.717, 1.165) is 51.0 Å². The summed E-state index contributed by atoms with van der Waals surface area (Å²) in [5.41, 5.74) is 8.10. The molecule has 0 fully saturated rings. The van der Waals surface area contributed by atoms with E-state index >= 15 is 8.78 Å². The minimum absolute atomic E-state index is 0.172. The number of anilines is 6. The van der Waals surface area contributed by atoms with Crippen molar-refractivity contribution in [1.82, 2.24) is 0 Å². The summed E-state index contributed by atoms with van der Waals surface area (Å²) in [5, 5.41) is 0. The monoisotopic (exact) mass is 604 g/mol. The van der Waals surface area contributed by atoms with Crippen LogP contribution in [0.3, 0.4) is 0 Å². The Bertz CT molecular complexity index is 1870. The number of halogens is 4. The molecule has 226 valence electrons. The quantitative estimate of drug-likeness (QED) is 0.144. The first-order valence-corrected chi connectivity index (χ1v) is 15.2. The number of nitrogens with zero attached hydrogens (tertiary/aromatic N) is 2. The molecule has 0 radical (unpaired) electrons. The van der Waals surface area contributed by atoms with Gasteiger partial charge >= 0.3 is 0 Å². The number of hydrogen-bond donors (Lipinski definition) is 0. The van der Waals surface area contributed by atoms with Crippen LogP contribution in [0.15, 0.2) is 91.0 Å². The minimum atomic E-state index is -0.690. The molecule has 45 heavy (non-hydrogen) atoms. The Kier molecular flexibility index (Phi) is 6.49. The molecular formula is C38H33BF4N2. The lowest BCUT2D eigenvalue weighted by molar-refractivity contribution is 0.583. The summed E-state index contributed by atoms with van der Waals surface area (Å²) in [6.45, 7) is 12.6. The molecule has 0 aromatic heterocycles. The largest absolute Gasteiger partial charge is 0.309 e. The van der Waals surface area contributed by atoms with Gasteiger partial charge in [0.2, 0.25) is 0 Å². The van der Waals surface area contributed by atoms with Crippen molar-refractivity contribution in [2.24, 2.45) is 0 Å². The molecule has 0 saturated carbocycles. The molecule has 0 aliphatic carbocycles. The lowest BCUT2D eigenvalue weighted by atomic mass is 9.33. The first-order chi connectivity index (χ1) is 21.2. The molecule has 0 atom stereocenters. The fraction of sp³-hybridized carbons (Fsp3) is 0.211. The fourth-order valence-corrected chi connectivity index (χ4v) is 6.72. The molecular weight excluding hydrogens is 571 g/mol.